The summed E-state index contributed by atoms with van der Waals surface area (Å²) in [5.41, 5.74) is 1.52. The van der Waals surface area contributed by atoms with Gasteiger partial charge in [0.2, 0.25) is 11.8 Å². The van der Waals surface area contributed by atoms with Crippen molar-refractivity contribution in [1.29, 1.82) is 0 Å². The van der Waals surface area contributed by atoms with Gasteiger partial charge in [0.1, 0.15) is 41.8 Å². The Morgan fingerprint density at radius 2 is 1.75 bits per heavy atom. The summed E-state index contributed by atoms with van der Waals surface area (Å²) in [6, 6.07) is 5.91. The minimum absolute atomic E-state index is 0.0357. The number of fused-ring (bicyclic) bond motifs is 1. The zero-order chi connectivity index (χ0) is 51.6. The number of aliphatic hydroxyl groups is 1. The molecule has 24 heteroatoms. The van der Waals surface area contributed by atoms with Crippen LogP contribution in [0, 0.1) is 5.82 Å². The molecule has 2 fully saturated rings. The van der Waals surface area contributed by atoms with Crippen LogP contribution in [0.25, 0.3) is 0 Å². The summed E-state index contributed by atoms with van der Waals surface area (Å²) >= 11 is 8.32. The van der Waals surface area contributed by atoms with E-state index in [4.69, 9.17) is 30.8 Å². The first kappa shape index (κ1) is 55.0. The van der Waals surface area contributed by atoms with E-state index >= 15 is 0 Å². The fourth-order valence-corrected chi connectivity index (χ4v) is 10.5. The minimum atomic E-state index is -0.959. The van der Waals surface area contributed by atoms with Crippen molar-refractivity contribution in [2.75, 3.05) is 51.9 Å². The maximum absolute atomic E-state index is 14.0. The molecule has 4 aliphatic rings. The molecular weight excluding hydrogens is 987 g/mol. The predicted octanol–water partition coefficient (Wildman–Crippen LogP) is 4.43. The zero-order valence-corrected chi connectivity index (χ0v) is 42.4. The van der Waals surface area contributed by atoms with Crippen LogP contribution in [0.15, 0.2) is 75.4 Å². The zero-order valence-electron chi connectivity index (χ0n) is 40.9. The number of carbonyl (C=O) groups is 5. The third kappa shape index (κ3) is 16.9. The van der Waals surface area contributed by atoms with Gasteiger partial charge < -0.3 is 45.9 Å². The number of urea groups is 1. The molecule has 0 bridgehead atoms. The third-order valence-corrected chi connectivity index (χ3v) is 14.6. The molecule has 0 radical (unpaired) electrons. The quantitative estimate of drug-likeness (QED) is 0.0364. The molecule has 4 amide bonds. The summed E-state index contributed by atoms with van der Waals surface area (Å²) < 4.78 is 33.0. The fraction of sp³-hybridized carbons (Fsp3) is 0.571. The largest absolute Gasteiger partial charge is 0.388 e. The summed E-state index contributed by atoms with van der Waals surface area (Å²) in [7, 11) is 0. The Morgan fingerprint density at radius 1 is 0.973 bits per heavy atom. The standard InChI is InChI=1S/C49H64ClFN12O9S/c1-49(60-61-49)16-13-42(67)54-37(9-4-2-3-7-34(65)8-5-6-10-41-45-39(30-73-41)56-48(69)58-45)47(68)53-19-21-70-23-24-71-22-20-63-26-33(59-62-63)28-72-29-38-43(40(66)27-64)44(35-12-11-32(51)25-36(35)50)57-46(55-38)31-14-17-52-18-15-31/h11-12,14-15,17-18,25-26,37,39,41,44-45,64H,2-10,13,16,19-24,27-30H2,1H3,(H,53,68)(H,54,67)(H,55,57)(H2,56,58,69)/t37-,39-,41-,44?,45-/m0/s1. The Balaban J connectivity index is 0.766. The van der Waals surface area contributed by atoms with Crippen molar-refractivity contribution in [3.8, 4) is 0 Å². The maximum atomic E-state index is 14.0. The number of Topliss-reactive ketones (excluding diaryl/α,β-unsaturated/α-hetero) is 2. The van der Waals surface area contributed by atoms with Crippen molar-refractivity contribution in [3.63, 3.8) is 0 Å². The maximum Gasteiger partial charge on any atom is 0.315 e. The van der Waals surface area contributed by atoms with E-state index in [1.54, 1.807) is 35.4 Å². The molecule has 394 valence electrons. The Kier molecular flexibility index (Phi) is 20.8. The lowest BCUT2D eigenvalue weighted by molar-refractivity contribution is -0.129. The number of thioether (sulfide) groups is 1. The number of pyridine rings is 1. The average molecular weight is 1050 g/mol. The summed E-state index contributed by atoms with van der Waals surface area (Å²) in [6.45, 7) is 2.75. The molecule has 1 aromatic carbocycles. The Labute approximate surface area is 432 Å². The van der Waals surface area contributed by atoms with Crippen LogP contribution < -0.4 is 26.6 Å². The van der Waals surface area contributed by atoms with Crippen molar-refractivity contribution in [2.24, 2.45) is 15.2 Å². The second kappa shape index (κ2) is 27.5. The van der Waals surface area contributed by atoms with Crippen LogP contribution in [0.4, 0.5) is 9.18 Å². The van der Waals surface area contributed by atoms with Gasteiger partial charge in [-0.2, -0.15) is 22.0 Å². The van der Waals surface area contributed by atoms with Gasteiger partial charge in [0.05, 0.1) is 70.2 Å². The normalized spacial score (nSPS) is 19.9. The van der Waals surface area contributed by atoms with E-state index in [2.05, 4.69) is 52.1 Å². The average Bonchev–Trinajstić information content (AvgIpc) is 3.60. The molecule has 4 aliphatic heterocycles. The molecule has 1 unspecified atom stereocenters. The van der Waals surface area contributed by atoms with Crippen LogP contribution in [0.2, 0.25) is 5.02 Å². The summed E-state index contributed by atoms with van der Waals surface area (Å²) in [5, 5.41) is 41.5. The number of amides is 4. The molecule has 2 saturated heterocycles. The number of amidine groups is 1. The smallest absolute Gasteiger partial charge is 0.315 e. The number of rotatable bonds is 33. The summed E-state index contributed by atoms with van der Waals surface area (Å²) in [6.07, 6.45) is 11.9. The molecule has 0 saturated carbocycles. The number of nitrogens with one attached hydrogen (secondary N) is 5. The van der Waals surface area contributed by atoms with Gasteiger partial charge in [-0.05, 0) is 56.9 Å². The number of unbranched alkanes of at least 4 members (excludes halogenated alkanes) is 3. The lowest BCUT2D eigenvalue weighted by Crippen LogP contribution is -2.47. The van der Waals surface area contributed by atoms with Crippen molar-refractivity contribution in [3.05, 3.63) is 87.9 Å². The number of hydrogen-bond acceptors (Lipinski definition) is 17. The van der Waals surface area contributed by atoms with Gasteiger partial charge in [-0.25, -0.2) is 13.9 Å². The van der Waals surface area contributed by atoms with Crippen molar-refractivity contribution in [2.45, 2.75) is 126 Å². The Bertz CT molecular complexity index is 2480. The number of benzene rings is 1. The first-order chi connectivity index (χ1) is 35.4. The van der Waals surface area contributed by atoms with Crippen LogP contribution in [0.5, 0.6) is 0 Å². The molecule has 0 spiro atoms. The number of nitrogens with zero attached hydrogens (tertiary/aromatic N) is 7. The van der Waals surface area contributed by atoms with Gasteiger partial charge in [-0.15, -0.1) is 5.10 Å². The Hall–Kier alpha value is -5.72. The molecule has 73 heavy (non-hydrogen) atoms. The van der Waals surface area contributed by atoms with Gasteiger partial charge in [0, 0.05) is 77.3 Å². The van der Waals surface area contributed by atoms with E-state index in [0.717, 1.165) is 43.9 Å². The van der Waals surface area contributed by atoms with Crippen LogP contribution in [-0.4, -0.2) is 141 Å². The number of ketones is 2. The monoisotopic (exact) mass is 1050 g/mol. The van der Waals surface area contributed by atoms with Gasteiger partial charge in [0.25, 0.3) is 0 Å². The minimum Gasteiger partial charge on any atom is -0.388 e. The van der Waals surface area contributed by atoms with Crippen LogP contribution in [0.3, 0.4) is 0 Å². The van der Waals surface area contributed by atoms with E-state index in [1.807, 2.05) is 18.7 Å². The molecule has 2 aromatic heterocycles. The number of aliphatic imine (C=N–C) groups is 1. The van der Waals surface area contributed by atoms with Gasteiger partial charge in [-0.1, -0.05) is 42.1 Å². The number of ether oxygens (including phenoxy) is 3. The fourth-order valence-electron chi connectivity index (χ4n) is 8.70. The highest BCUT2D eigenvalue weighted by Gasteiger charge is 2.42. The molecule has 21 nitrogen and oxygen atoms in total. The van der Waals surface area contributed by atoms with Crippen LogP contribution in [0.1, 0.15) is 100 Å². The number of aromatic nitrogens is 4. The van der Waals surface area contributed by atoms with E-state index in [9.17, 15) is 33.5 Å². The number of carbonyl (C=O) groups excluding carboxylic acids is 5. The van der Waals surface area contributed by atoms with Gasteiger partial charge >= 0.3 is 6.03 Å². The lowest BCUT2D eigenvalue weighted by Gasteiger charge is -2.28. The van der Waals surface area contributed by atoms with E-state index in [-0.39, 0.29) is 85.7 Å². The third-order valence-electron chi connectivity index (χ3n) is 12.7. The molecule has 0 aliphatic carbocycles. The molecule has 3 aromatic rings. The topological polar surface area (TPSA) is 274 Å². The van der Waals surface area contributed by atoms with E-state index in [1.165, 1.54) is 12.1 Å². The number of aliphatic hydroxyl groups excluding tert-OH is 1. The van der Waals surface area contributed by atoms with Crippen molar-refractivity contribution < 1.29 is 47.7 Å². The highest BCUT2D eigenvalue weighted by Crippen LogP contribution is 2.37. The highest BCUT2D eigenvalue weighted by molar-refractivity contribution is 8.00. The predicted molar refractivity (Wildman–Crippen MR) is 268 cm³/mol. The molecule has 6 N–H and O–H groups in total. The second-order valence-corrected chi connectivity index (χ2v) is 20.1. The SMILES string of the molecule is CC1(CCC(=O)N[C@@H](CCCCCC(=O)CCCC[C@@H]2SC[C@@H]3NC(=O)N[C@@H]32)C(=O)NCCOCCOCCn2cc(COCC3=C(C(=O)CO)C(c4ccc(F)cc4Cl)N=C(c4ccncc4)N3)nn2)N=N1. The van der Waals surface area contributed by atoms with Crippen LogP contribution in [-0.2, 0) is 46.5 Å². The Morgan fingerprint density at radius 3 is 2.52 bits per heavy atom. The summed E-state index contributed by atoms with van der Waals surface area (Å²) in [4.78, 5) is 72.2. The van der Waals surface area contributed by atoms with Crippen molar-refractivity contribution >= 4 is 58.6 Å². The second-order valence-electron chi connectivity index (χ2n) is 18.4. The van der Waals surface area contributed by atoms with Gasteiger partial charge in [-0.3, -0.25) is 29.2 Å². The van der Waals surface area contributed by atoms with Gasteiger partial charge in [0.15, 0.2) is 11.4 Å². The lowest BCUT2D eigenvalue weighted by atomic mass is 9.92. The molecule has 6 heterocycles. The molecule has 5 atom stereocenters. The van der Waals surface area contributed by atoms with Crippen molar-refractivity contribution in [1.82, 2.24) is 46.6 Å². The van der Waals surface area contributed by atoms with E-state index < -0.39 is 36.0 Å². The highest BCUT2D eigenvalue weighted by atomic mass is 35.5. The first-order valence-corrected chi connectivity index (χ1v) is 26.2. The van der Waals surface area contributed by atoms with E-state index in [0.29, 0.717) is 85.5 Å². The van der Waals surface area contributed by atoms with Crippen LogP contribution >= 0.6 is 23.4 Å². The first-order valence-electron chi connectivity index (χ1n) is 24.8. The molecular formula is C49H64ClFN12O9S. The number of halogens is 2. The molecule has 7 rings (SSSR count). The summed E-state index contributed by atoms with van der Waals surface area (Å²) in [5.74, 6) is -0.141. The number of hydrogen-bond donors (Lipinski definition) is 6.